The SMILES string of the molecule is CCC[CH2][Sn]([CH2]CCC)([CH2]CCC)[c]1ccccc1C(NC(=O)OCc1ccccc1)C(N)=O. The molecule has 34 heavy (non-hydrogen) atoms. The molecule has 0 bridgehead atoms. The average Bonchev–Trinajstić information content (AvgIpc) is 2.86. The minimum atomic E-state index is -2.87. The van der Waals surface area contributed by atoms with Crippen LogP contribution in [0.1, 0.15) is 76.5 Å². The number of nitrogens with two attached hydrogens (primary N) is 1. The Morgan fingerprint density at radius 1 is 0.853 bits per heavy atom. The molecule has 1 unspecified atom stereocenters. The Balaban J connectivity index is 2.36. The number of primary amides is 1. The van der Waals surface area contributed by atoms with Crippen LogP contribution in [-0.2, 0) is 16.1 Å². The molecule has 186 valence electrons. The molecule has 5 nitrogen and oxygen atoms in total. The number of carbonyl (C=O) groups excluding carboxylic acids is 2. The third-order valence-corrected chi connectivity index (χ3v) is 22.4. The predicted octanol–water partition coefficient (Wildman–Crippen LogP) is 6.20. The summed E-state index contributed by atoms with van der Waals surface area (Å²) in [4.78, 5) is 25.3. The number of unbranched alkanes of at least 4 members (excludes halogenated alkanes) is 3. The fraction of sp³-hybridized carbons (Fsp3) is 0.500. The zero-order chi connectivity index (χ0) is 24.8. The summed E-state index contributed by atoms with van der Waals surface area (Å²) in [6.45, 7) is 6.89. The van der Waals surface area contributed by atoms with Gasteiger partial charge in [-0.15, -0.1) is 0 Å². The molecule has 0 aromatic heterocycles. The van der Waals surface area contributed by atoms with Gasteiger partial charge in [-0.05, 0) is 0 Å². The van der Waals surface area contributed by atoms with E-state index in [9.17, 15) is 9.59 Å². The standard InChI is InChI=1S/C16H15N2O3.3C4H9.Sn/c17-15(19)14(13-9-5-2-6-10-13)18-16(20)21-11-12-7-3-1-4-8-12;3*1-3-4-2;/h1-9,14H,11H2,(H2,17,19)(H,18,20);3*1,3-4H2,2H3;. The number of rotatable bonds is 15. The van der Waals surface area contributed by atoms with E-state index in [1.54, 1.807) is 0 Å². The van der Waals surface area contributed by atoms with Crippen molar-refractivity contribution < 1.29 is 14.3 Å². The molecule has 0 saturated heterocycles. The molecule has 6 heteroatoms. The zero-order valence-corrected chi connectivity index (χ0v) is 24.0. The molecule has 0 heterocycles. The Labute approximate surface area is 209 Å². The van der Waals surface area contributed by atoms with Crippen molar-refractivity contribution in [2.24, 2.45) is 5.73 Å². The normalized spacial score (nSPS) is 12.2. The summed E-state index contributed by atoms with van der Waals surface area (Å²) >= 11 is -2.87. The maximum absolute atomic E-state index is 12.7. The number of ether oxygens (including phenoxy) is 1. The number of hydrogen-bond acceptors (Lipinski definition) is 3. The van der Waals surface area contributed by atoms with E-state index >= 15 is 0 Å². The van der Waals surface area contributed by atoms with Crippen molar-refractivity contribution in [3.05, 3.63) is 65.7 Å². The Kier molecular flexibility index (Phi) is 12.5. The van der Waals surface area contributed by atoms with Gasteiger partial charge in [0.05, 0.1) is 0 Å². The first-order valence-corrected chi connectivity index (χ1v) is 20.3. The fourth-order valence-electron chi connectivity index (χ4n) is 4.74. The summed E-state index contributed by atoms with van der Waals surface area (Å²) in [7, 11) is 0. The number of amides is 2. The Hall–Kier alpha value is -2.02. The van der Waals surface area contributed by atoms with Gasteiger partial charge in [0.1, 0.15) is 0 Å². The molecule has 0 saturated carbocycles. The summed E-state index contributed by atoms with van der Waals surface area (Å²) in [6.07, 6.45) is 6.52. The molecule has 0 aliphatic carbocycles. The topological polar surface area (TPSA) is 81.4 Å². The van der Waals surface area contributed by atoms with Gasteiger partial charge in [-0.2, -0.15) is 0 Å². The predicted molar refractivity (Wildman–Crippen MR) is 143 cm³/mol. The van der Waals surface area contributed by atoms with Crippen LogP contribution >= 0.6 is 0 Å². The monoisotopic (exact) mass is 574 g/mol. The van der Waals surface area contributed by atoms with Crippen LogP contribution in [0, 0.1) is 0 Å². The first-order chi connectivity index (χ1) is 16.5. The van der Waals surface area contributed by atoms with Crippen LogP contribution in [0.5, 0.6) is 0 Å². The number of carbonyl (C=O) groups is 2. The van der Waals surface area contributed by atoms with Crippen LogP contribution in [0.2, 0.25) is 13.3 Å². The van der Waals surface area contributed by atoms with E-state index in [0.29, 0.717) is 0 Å². The van der Waals surface area contributed by atoms with E-state index in [2.05, 4.69) is 38.2 Å². The second kappa shape index (κ2) is 15.1. The molecule has 0 spiro atoms. The van der Waals surface area contributed by atoms with Crippen molar-refractivity contribution in [1.82, 2.24) is 5.32 Å². The average molecular weight is 573 g/mol. The Morgan fingerprint density at radius 3 is 1.91 bits per heavy atom. The van der Waals surface area contributed by atoms with Gasteiger partial charge in [0.2, 0.25) is 0 Å². The Morgan fingerprint density at radius 2 is 1.38 bits per heavy atom. The van der Waals surface area contributed by atoms with Crippen molar-refractivity contribution in [2.75, 3.05) is 0 Å². The molecule has 2 aromatic rings. The summed E-state index contributed by atoms with van der Waals surface area (Å²) < 4.78 is 10.6. The van der Waals surface area contributed by atoms with Crippen LogP contribution in [0.25, 0.3) is 0 Å². The molecule has 2 rings (SSSR count). The van der Waals surface area contributed by atoms with Crippen LogP contribution in [-0.4, -0.2) is 30.4 Å². The van der Waals surface area contributed by atoms with Crippen LogP contribution in [0.4, 0.5) is 4.79 Å². The summed E-state index contributed by atoms with van der Waals surface area (Å²) in [6, 6.07) is 16.8. The molecular formula is C28H42N2O3Sn. The molecule has 1 atom stereocenters. The van der Waals surface area contributed by atoms with Gasteiger partial charge in [0.25, 0.3) is 0 Å². The van der Waals surface area contributed by atoms with Crippen LogP contribution in [0.15, 0.2) is 54.6 Å². The van der Waals surface area contributed by atoms with E-state index in [0.717, 1.165) is 11.1 Å². The van der Waals surface area contributed by atoms with Crippen LogP contribution < -0.4 is 14.6 Å². The molecule has 0 aliphatic rings. The second-order valence-electron chi connectivity index (χ2n) is 9.22. The van der Waals surface area contributed by atoms with Crippen molar-refractivity contribution in [1.29, 1.82) is 0 Å². The molecule has 3 N–H and O–H groups in total. The molecule has 2 amide bonds. The van der Waals surface area contributed by atoms with E-state index in [-0.39, 0.29) is 6.61 Å². The first-order valence-electron chi connectivity index (χ1n) is 12.8. The number of nitrogens with one attached hydrogen (secondary N) is 1. The van der Waals surface area contributed by atoms with Crippen molar-refractivity contribution in [2.45, 2.75) is 85.3 Å². The van der Waals surface area contributed by atoms with Crippen molar-refractivity contribution >= 4 is 34.0 Å². The van der Waals surface area contributed by atoms with Gasteiger partial charge in [0.15, 0.2) is 0 Å². The van der Waals surface area contributed by atoms with Gasteiger partial charge in [0, 0.05) is 0 Å². The van der Waals surface area contributed by atoms with E-state index in [4.69, 9.17) is 10.5 Å². The third-order valence-electron chi connectivity index (χ3n) is 6.63. The van der Waals surface area contributed by atoms with Crippen LogP contribution in [0.3, 0.4) is 0 Å². The van der Waals surface area contributed by atoms with Crippen molar-refractivity contribution in [3.8, 4) is 0 Å². The minimum absolute atomic E-state index is 0.145. The maximum atomic E-state index is 12.7. The number of alkyl carbamates (subject to hydrolysis) is 1. The van der Waals surface area contributed by atoms with Gasteiger partial charge < -0.3 is 0 Å². The molecular weight excluding hydrogens is 531 g/mol. The quantitative estimate of drug-likeness (QED) is 0.249. The zero-order valence-electron chi connectivity index (χ0n) is 21.1. The molecule has 0 aliphatic heterocycles. The van der Waals surface area contributed by atoms with Gasteiger partial charge in [-0.1, -0.05) is 0 Å². The summed E-state index contributed by atoms with van der Waals surface area (Å²) in [5.74, 6) is -0.550. The van der Waals surface area contributed by atoms with Gasteiger partial charge in [-0.25, -0.2) is 0 Å². The Bertz CT molecular complexity index is 866. The number of hydrogen-bond donors (Lipinski definition) is 2. The molecule has 0 fully saturated rings. The van der Waals surface area contributed by atoms with E-state index < -0.39 is 36.4 Å². The summed E-state index contributed by atoms with van der Waals surface area (Å²) in [5.41, 5.74) is 7.62. The first kappa shape index (κ1) is 28.2. The molecule has 0 radical (unpaired) electrons. The van der Waals surface area contributed by atoms with Gasteiger partial charge >= 0.3 is 210 Å². The van der Waals surface area contributed by atoms with Crippen molar-refractivity contribution in [3.63, 3.8) is 0 Å². The summed E-state index contributed by atoms with van der Waals surface area (Å²) in [5, 5.41) is 2.78. The van der Waals surface area contributed by atoms with E-state index in [1.165, 1.54) is 55.4 Å². The third kappa shape index (κ3) is 8.33. The molecule has 2 aromatic carbocycles. The van der Waals surface area contributed by atoms with Gasteiger partial charge in [-0.3, -0.25) is 0 Å². The fourth-order valence-corrected chi connectivity index (χ4v) is 21.7. The van der Waals surface area contributed by atoms with E-state index in [1.807, 2.05) is 42.5 Å². The number of benzene rings is 2. The second-order valence-corrected chi connectivity index (χ2v) is 22.3.